The molecule has 0 spiro atoms. The van der Waals surface area contributed by atoms with Gasteiger partial charge in [0.25, 0.3) is 5.91 Å². The van der Waals surface area contributed by atoms with Crippen molar-refractivity contribution in [1.29, 1.82) is 0 Å². The van der Waals surface area contributed by atoms with Gasteiger partial charge < -0.3 is 15.1 Å². The average molecular weight is 422 g/mol. The van der Waals surface area contributed by atoms with Crippen LogP contribution in [0.1, 0.15) is 36.5 Å². The number of likely N-dealkylation sites (N-methyl/N-ethyl adjacent to an activating group) is 1. The number of nitrogens with zero attached hydrogens (tertiary/aromatic N) is 4. The minimum absolute atomic E-state index is 0.0315. The molecule has 0 aliphatic carbocycles. The maximum absolute atomic E-state index is 13.4. The van der Waals surface area contributed by atoms with Gasteiger partial charge in [0.1, 0.15) is 0 Å². The Morgan fingerprint density at radius 2 is 1.90 bits per heavy atom. The predicted octanol–water partition coefficient (Wildman–Crippen LogP) is 3.37. The number of carbonyl (C=O) groups excluding carboxylic acids is 2. The van der Waals surface area contributed by atoms with Crippen molar-refractivity contribution in [2.45, 2.75) is 26.2 Å². The van der Waals surface area contributed by atoms with Crippen LogP contribution >= 0.6 is 0 Å². The molecule has 1 saturated heterocycles. The summed E-state index contributed by atoms with van der Waals surface area (Å²) in [6.07, 6.45) is 4.16. The van der Waals surface area contributed by atoms with Crippen molar-refractivity contribution in [1.82, 2.24) is 14.8 Å². The van der Waals surface area contributed by atoms with Gasteiger partial charge in [0.2, 0.25) is 5.91 Å². The number of pyridine rings is 1. The smallest absolute Gasteiger partial charge is 0.257 e. The van der Waals surface area contributed by atoms with Gasteiger partial charge in [0.05, 0.1) is 16.9 Å². The third-order valence-electron chi connectivity index (χ3n) is 6.18. The Morgan fingerprint density at radius 1 is 1.13 bits per heavy atom. The van der Waals surface area contributed by atoms with Gasteiger partial charge >= 0.3 is 0 Å². The molecule has 0 bridgehead atoms. The molecule has 1 aromatic heterocycles. The van der Waals surface area contributed by atoms with Gasteiger partial charge in [-0.3, -0.25) is 14.5 Å². The zero-order chi connectivity index (χ0) is 21.8. The van der Waals surface area contributed by atoms with Gasteiger partial charge in [0.15, 0.2) is 5.82 Å². The molecule has 1 atom stereocenters. The van der Waals surface area contributed by atoms with Crippen molar-refractivity contribution >= 4 is 29.0 Å². The number of benzene rings is 1. The highest BCUT2D eigenvalue weighted by atomic mass is 16.2. The summed E-state index contributed by atoms with van der Waals surface area (Å²) in [5.74, 6) is 0.484. The van der Waals surface area contributed by atoms with Crippen molar-refractivity contribution in [3.05, 3.63) is 48.2 Å². The molecule has 0 radical (unpaired) electrons. The Balaban J connectivity index is 1.44. The molecule has 4 rings (SSSR count). The molecular formula is C24H31N5O2. The number of hydrogen-bond donors (Lipinski definition) is 1. The lowest BCUT2D eigenvalue weighted by molar-refractivity contribution is -0.118. The van der Waals surface area contributed by atoms with Crippen LogP contribution in [-0.4, -0.2) is 66.4 Å². The molecule has 2 aliphatic rings. The Morgan fingerprint density at radius 3 is 2.71 bits per heavy atom. The summed E-state index contributed by atoms with van der Waals surface area (Å²) in [6, 6.07) is 10.8. The summed E-state index contributed by atoms with van der Waals surface area (Å²) < 4.78 is 0. The van der Waals surface area contributed by atoms with E-state index >= 15 is 0 Å². The molecule has 1 fully saturated rings. The van der Waals surface area contributed by atoms with E-state index in [0.717, 1.165) is 45.6 Å². The molecule has 0 saturated carbocycles. The van der Waals surface area contributed by atoms with E-state index in [2.05, 4.69) is 34.1 Å². The van der Waals surface area contributed by atoms with Crippen molar-refractivity contribution in [2.75, 3.05) is 50.0 Å². The van der Waals surface area contributed by atoms with Crippen molar-refractivity contribution in [3.8, 4) is 0 Å². The number of piperazine rings is 1. The fourth-order valence-electron chi connectivity index (χ4n) is 4.32. The van der Waals surface area contributed by atoms with Crippen molar-refractivity contribution < 1.29 is 9.59 Å². The first kappa shape index (κ1) is 21.5. The molecule has 1 aromatic carbocycles. The maximum atomic E-state index is 13.4. The molecule has 1 N–H and O–H groups in total. The molecule has 2 aromatic rings. The van der Waals surface area contributed by atoms with Crippen LogP contribution in [0.2, 0.25) is 0 Å². The summed E-state index contributed by atoms with van der Waals surface area (Å²) in [4.78, 5) is 37.0. The highest BCUT2D eigenvalue weighted by Crippen LogP contribution is 2.37. The standard InChI is InChI=1S/C24H31N5O2/c1-18(7-6-12-28-15-13-27(2)14-16-28)17-22(30)29-21-10-4-3-8-19(21)24(31)26-20-9-5-11-25-23(20)29/h3-5,8-11,18H,6-7,12-17H2,1-2H3,(H,26,31). The van der Waals surface area contributed by atoms with E-state index in [1.54, 1.807) is 29.3 Å². The average Bonchev–Trinajstić information content (AvgIpc) is 2.89. The fourth-order valence-corrected chi connectivity index (χ4v) is 4.32. The molecule has 1 unspecified atom stereocenters. The molecule has 7 heteroatoms. The van der Waals surface area contributed by atoms with Crippen LogP contribution < -0.4 is 10.2 Å². The first-order valence-corrected chi connectivity index (χ1v) is 11.1. The Kier molecular flexibility index (Phi) is 6.63. The lowest BCUT2D eigenvalue weighted by Crippen LogP contribution is -2.44. The molecule has 3 heterocycles. The quantitative estimate of drug-likeness (QED) is 0.775. The Hall–Kier alpha value is -2.77. The number of nitrogens with one attached hydrogen (secondary N) is 1. The van der Waals surface area contributed by atoms with Crippen molar-refractivity contribution in [3.63, 3.8) is 0 Å². The molecule has 2 aliphatic heterocycles. The van der Waals surface area contributed by atoms with Crippen LogP contribution in [0, 0.1) is 5.92 Å². The molecule has 7 nitrogen and oxygen atoms in total. The second-order valence-electron chi connectivity index (χ2n) is 8.67. The Labute approximate surface area is 184 Å². The lowest BCUT2D eigenvalue weighted by atomic mass is 10.00. The third-order valence-corrected chi connectivity index (χ3v) is 6.18. The van der Waals surface area contributed by atoms with Gasteiger partial charge in [0, 0.05) is 38.8 Å². The van der Waals surface area contributed by atoms with Crippen LogP contribution in [0.3, 0.4) is 0 Å². The fraction of sp³-hybridized carbons (Fsp3) is 0.458. The molecule has 31 heavy (non-hydrogen) atoms. The number of amides is 2. The second kappa shape index (κ2) is 9.58. The van der Waals surface area contributed by atoms with Crippen LogP contribution in [0.25, 0.3) is 0 Å². The second-order valence-corrected chi connectivity index (χ2v) is 8.67. The van der Waals surface area contributed by atoms with Crippen LogP contribution in [-0.2, 0) is 4.79 Å². The monoisotopic (exact) mass is 421 g/mol. The van der Waals surface area contributed by atoms with Crippen molar-refractivity contribution in [2.24, 2.45) is 5.92 Å². The SMILES string of the molecule is CC(CCCN1CCN(C)CC1)CC(=O)N1c2ccccc2C(=O)Nc2cccnc21. The van der Waals surface area contributed by atoms with E-state index in [4.69, 9.17) is 0 Å². The van der Waals surface area contributed by atoms with Crippen LogP contribution in [0.4, 0.5) is 17.2 Å². The third kappa shape index (κ3) is 4.94. The largest absolute Gasteiger partial charge is 0.319 e. The van der Waals surface area contributed by atoms with Gasteiger partial charge in [-0.1, -0.05) is 19.1 Å². The summed E-state index contributed by atoms with van der Waals surface area (Å²) in [5, 5.41) is 2.89. The summed E-state index contributed by atoms with van der Waals surface area (Å²) in [6.45, 7) is 7.72. The first-order valence-electron chi connectivity index (χ1n) is 11.1. The van der Waals surface area contributed by atoms with E-state index in [1.807, 2.05) is 18.2 Å². The van der Waals surface area contributed by atoms with E-state index < -0.39 is 0 Å². The van der Waals surface area contributed by atoms with Crippen LogP contribution in [0.15, 0.2) is 42.6 Å². The number of carbonyl (C=O) groups is 2. The number of aromatic nitrogens is 1. The maximum Gasteiger partial charge on any atom is 0.257 e. The zero-order valence-electron chi connectivity index (χ0n) is 18.4. The van der Waals surface area contributed by atoms with Gasteiger partial charge in [-0.2, -0.15) is 0 Å². The predicted molar refractivity (Wildman–Crippen MR) is 123 cm³/mol. The normalized spacial score (nSPS) is 18.0. The van der Waals surface area contributed by atoms with Crippen LogP contribution in [0.5, 0.6) is 0 Å². The van der Waals surface area contributed by atoms with Gasteiger partial charge in [-0.05, 0) is 56.6 Å². The van der Waals surface area contributed by atoms with E-state index in [9.17, 15) is 9.59 Å². The summed E-state index contributed by atoms with van der Waals surface area (Å²) in [5.41, 5.74) is 1.63. The van der Waals surface area contributed by atoms with E-state index in [1.165, 1.54) is 0 Å². The highest BCUT2D eigenvalue weighted by Gasteiger charge is 2.30. The Bertz CT molecular complexity index is 939. The number of hydrogen-bond acceptors (Lipinski definition) is 5. The molecule has 164 valence electrons. The summed E-state index contributed by atoms with van der Waals surface area (Å²) >= 11 is 0. The first-order chi connectivity index (χ1) is 15.0. The number of rotatable bonds is 6. The molecular weight excluding hydrogens is 390 g/mol. The highest BCUT2D eigenvalue weighted by molar-refractivity contribution is 6.17. The number of anilines is 3. The molecule has 2 amide bonds. The minimum Gasteiger partial charge on any atom is -0.319 e. The van der Waals surface area contributed by atoms with Gasteiger partial charge in [-0.15, -0.1) is 0 Å². The van der Waals surface area contributed by atoms with E-state index in [0.29, 0.717) is 29.2 Å². The lowest BCUT2D eigenvalue weighted by Gasteiger charge is -2.32. The number of para-hydroxylation sites is 1. The zero-order valence-corrected chi connectivity index (χ0v) is 18.4. The minimum atomic E-state index is -0.222. The number of fused-ring (bicyclic) bond motifs is 2. The summed E-state index contributed by atoms with van der Waals surface area (Å²) in [7, 11) is 2.17. The van der Waals surface area contributed by atoms with Gasteiger partial charge in [-0.25, -0.2) is 4.98 Å². The van der Waals surface area contributed by atoms with E-state index in [-0.39, 0.29) is 17.7 Å². The topological polar surface area (TPSA) is 68.8 Å².